The van der Waals surface area contributed by atoms with E-state index >= 15 is 0 Å². The van der Waals surface area contributed by atoms with Crippen molar-refractivity contribution in [2.75, 3.05) is 0 Å². The number of hydrogen-bond acceptors (Lipinski definition) is 4. The van der Waals surface area contributed by atoms with Gasteiger partial charge in [-0.2, -0.15) is 0 Å². The van der Waals surface area contributed by atoms with Crippen LogP contribution in [0.2, 0.25) is 0 Å². The number of rotatable bonds is 7. The Kier molecular flexibility index (Phi) is 5.31. The number of aryl methyl sites for hydroxylation is 1. The van der Waals surface area contributed by atoms with E-state index in [9.17, 15) is 8.42 Å². The third-order valence-corrected chi connectivity index (χ3v) is 5.25. The molecule has 7 heteroatoms. The van der Waals surface area contributed by atoms with Gasteiger partial charge < -0.3 is 4.57 Å². The summed E-state index contributed by atoms with van der Waals surface area (Å²) >= 11 is 0. The maximum Gasteiger partial charge on any atom is 0.240 e. The molecule has 1 aromatic heterocycles. The van der Waals surface area contributed by atoms with Gasteiger partial charge in [-0.05, 0) is 37.0 Å². The molecule has 1 aromatic carbocycles. The Balaban J connectivity index is 2.10. The highest BCUT2D eigenvalue weighted by Gasteiger charge is 2.15. The van der Waals surface area contributed by atoms with Gasteiger partial charge in [-0.15, -0.1) is 10.2 Å². The summed E-state index contributed by atoms with van der Waals surface area (Å²) < 4.78 is 29.0. The molecule has 1 atom stereocenters. The first kappa shape index (κ1) is 16.6. The lowest BCUT2D eigenvalue weighted by Crippen LogP contribution is -2.25. The Hall–Kier alpha value is -1.73. The Morgan fingerprint density at radius 3 is 2.50 bits per heavy atom. The molecule has 0 aliphatic rings. The molecule has 2 aromatic rings. The minimum atomic E-state index is -3.54. The predicted molar refractivity (Wildman–Crippen MR) is 84.9 cm³/mol. The summed E-state index contributed by atoms with van der Waals surface area (Å²) in [5.41, 5.74) is 1.15. The molecule has 0 amide bonds. The van der Waals surface area contributed by atoms with Crippen molar-refractivity contribution in [3.63, 3.8) is 0 Å². The second-order valence-electron chi connectivity index (χ2n) is 5.24. The molecule has 1 heterocycles. The first-order valence-corrected chi connectivity index (χ1v) is 8.92. The van der Waals surface area contributed by atoms with E-state index in [1.54, 1.807) is 23.0 Å². The van der Waals surface area contributed by atoms with Crippen LogP contribution in [0.5, 0.6) is 0 Å². The number of nitrogens with zero attached hydrogens (tertiary/aromatic N) is 3. The lowest BCUT2D eigenvalue weighted by atomic mass is 9.99. The van der Waals surface area contributed by atoms with Crippen molar-refractivity contribution in [2.24, 2.45) is 0 Å². The van der Waals surface area contributed by atoms with Crippen molar-refractivity contribution in [1.82, 2.24) is 19.5 Å². The fourth-order valence-corrected chi connectivity index (χ4v) is 3.11. The fraction of sp³-hybridized carbons (Fsp3) is 0.467. The highest BCUT2D eigenvalue weighted by atomic mass is 32.2. The van der Waals surface area contributed by atoms with E-state index in [0.29, 0.717) is 18.3 Å². The summed E-state index contributed by atoms with van der Waals surface area (Å²) in [4.78, 5) is 0.266. The molecule has 1 N–H and O–H groups in total. The van der Waals surface area contributed by atoms with Crippen LogP contribution in [0.25, 0.3) is 0 Å². The summed E-state index contributed by atoms with van der Waals surface area (Å²) in [5, 5.41) is 7.70. The molecule has 22 heavy (non-hydrogen) atoms. The van der Waals surface area contributed by atoms with Gasteiger partial charge in [0.25, 0.3) is 0 Å². The molecule has 0 radical (unpaired) electrons. The largest absolute Gasteiger partial charge is 0.317 e. The molecule has 2 rings (SSSR count). The highest BCUT2D eigenvalue weighted by Crippen LogP contribution is 2.20. The predicted octanol–water partition coefficient (Wildman–Crippen LogP) is 2.29. The lowest BCUT2D eigenvalue weighted by Gasteiger charge is -2.11. The molecular formula is C15H22N4O2S. The lowest BCUT2D eigenvalue weighted by molar-refractivity contribution is 0.575. The summed E-state index contributed by atoms with van der Waals surface area (Å²) in [6.07, 6.45) is 2.61. The van der Waals surface area contributed by atoms with Gasteiger partial charge in [0.2, 0.25) is 10.0 Å². The van der Waals surface area contributed by atoms with Gasteiger partial charge in [0, 0.05) is 6.54 Å². The van der Waals surface area contributed by atoms with Gasteiger partial charge in [0.15, 0.2) is 0 Å². The Morgan fingerprint density at radius 1 is 1.23 bits per heavy atom. The fourth-order valence-electron chi connectivity index (χ4n) is 2.13. The van der Waals surface area contributed by atoms with Crippen LogP contribution >= 0.6 is 0 Å². The van der Waals surface area contributed by atoms with Crippen molar-refractivity contribution < 1.29 is 8.42 Å². The van der Waals surface area contributed by atoms with Crippen LogP contribution in [0.15, 0.2) is 35.5 Å². The molecule has 0 fully saturated rings. The number of nitrogens with one attached hydrogen (secondary N) is 1. The Morgan fingerprint density at radius 2 is 1.91 bits per heavy atom. The standard InChI is InChI=1S/C15H22N4O2S/c1-4-12(3)13-6-8-14(9-7-13)22(20,21)17-10-15-18-16-11-19(15)5-2/h6-9,11-12,17H,4-5,10H2,1-3H3. The Bertz CT molecular complexity index is 707. The van der Waals surface area contributed by atoms with Crippen LogP contribution in [0.4, 0.5) is 0 Å². The summed E-state index contributed by atoms with van der Waals surface area (Å²) in [5.74, 6) is 1.02. The number of benzene rings is 1. The SMILES string of the molecule is CCC(C)c1ccc(S(=O)(=O)NCc2nncn2CC)cc1. The smallest absolute Gasteiger partial charge is 0.240 e. The van der Waals surface area contributed by atoms with Crippen LogP contribution in [0, 0.1) is 0 Å². The van der Waals surface area contributed by atoms with E-state index in [1.165, 1.54) is 0 Å². The number of hydrogen-bond donors (Lipinski definition) is 1. The van der Waals surface area contributed by atoms with Gasteiger partial charge in [-0.3, -0.25) is 0 Å². The van der Waals surface area contributed by atoms with Crippen molar-refractivity contribution in [1.29, 1.82) is 0 Å². The summed E-state index contributed by atoms with van der Waals surface area (Å²) in [6, 6.07) is 7.04. The van der Waals surface area contributed by atoms with Crippen LogP contribution in [0.1, 0.15) is 44.5 Å². The zero-order valence-electron chi connectivity index (χ0n) is 13.2. The zero-order chi connectivity index (χ0) is 16.2. The van der Waals surface area contributed by atoms with Crippen molar-refractivity contribution in [3.05, 3.63) is 42.0 Å². The normalized spacial score (nSPS) is 13.2. The van der Waals surface area contributed by atoms with Crippen LogP contribution in [-0.2, 0) is 23.1 Å². The topological polar surface area (TPSA) is 76.9 Å². The zero-order valence-corrected chi connectivity index (χ0v) is 14.0. The second kappa shape index (κ2) is 7.02. The first-order chi connectivity index (χ1) is 10.5. The maximum atomic E-state index is 12.3. The first-order valence-electron chi connectivity index (χ1n) is 7.44. The van der Waals surface area contributed by atoms with Crippen LogP contribution in [0.3, 0.4) is 0 Å². The van der Waals surface area contributed by atoms with Gasteiger partial charge in [-0.25, -0.2) is 13.1 Å². The molecule has 0 aliphatic heterocycles. The van der Waals surface area contributed by atoms with Gasteiger partial charge in [-0.1, -0.05) is 26.0 Å². The van der Waals surface area contributed by atoms with E-state index in [-0.39, 0.29) is 11.4 Å². The molecule has 120 valence electrons. The molecule has 6 nitrogen and oxygen atoms in total. The van der Waals surface area contributed by atoms with Crippen LogP contribution in [-0.4, -0.2) is 23.2 Å². The van der Waals surface area contributed by atoms with E-state index in [2.05, 4.69) is 28.8 Å². The van der Waals surface area contributed by atoms with Gasteiger partial charge in [0.1, 0.15) is 12.2 Å². The van der Waals surface area contributed by atoms with E-state index in [1.807, 2.05) is 19.1 Å². The average molecular weight is 322 g/mol. The molecule has 1 unspecified atom stereocenters. The Labute approximate surface area is 131 Å². The van der Waals surface area contributed by atoms with Gasteiger partial charge in [0.05, 0.1) is 11.4 Å². The van der Waals surface area contributed by atoms with Crippen molar-refractivity contribution in [3.8, 4) is 0 Å². The van der Waals surface area contributed by atoms with E-state index in [0.717, 1.165) is 12.0 Å². The van der Waals surface area contributed by atoms with Crippen LogP contribution < -0.4 is 4.72 Å². The molecule has 0 aliphatic carbocycles. The van der Waals surface area contributed by atoms with E-state index in [4.69, 9.17) is 0 Å². The van der Waals surface area contributed by atoms with E-state index < -0.39 is 10.0 Å². The average Bonchev–Trinajstić information content (AvgIpc) is 3.00. The highest BCUT2D eigenvalue weighted by molar-refractivity contribution is 7.89. The molecule has 0 saturated carbocycles. The minimum Gasteiger partial charge on any atom is -0.317 e. The second-order valence-corrected chi connectivity index (χ2v) is 7.00. The molecule has 0 saturated heterocycles. The molecular weight excluding hydrogens is 300 g/mol. The number of sulfonamides is 1. The summed E-state index contributed by atoms with van der Waals surface area (Å²) in [6.45, 7) is 7.02. The van der Waals surface area contributed by atoms with Gasteiger partial charge >= 0.3 is 0 Å². The summed E-state index contributed by atoms with van der Waals surface area (Å²) in [7, 11) is -3.54. The monoisotopic (exact) mass is 322 g/mol. The maximum absolute atomic E-state index is 12.3. The number of aromatic nitrogens is 3. The molecule has 0 spiro atoms. The third kappa shape index (κ3) is 3.72. The van der Waals surface area contributed by atoms with Crippen molar-refractivity contribution in [2.45, 2.75) is 51.1 Å². The molecule has 0 bridgehead atoms. The minimum absolute atomic E-state index is 0.128. The van der Waals surface area contributed by atoms with Crippen molar-refractivity contribution >= 4 is 10.0 Å². The third-order valence-electron chi connectivity index (χ3n) is 3.83. The quantitative estimate of drug-likeness (QED) is 0.848.